The monoisotopic (exact) mass is 277 g/mol. The lowest BCUT2D eigenvalue weighted by Gasteiger charge is -2.05. The van der Waals surface area contributed by atoms with E-state index in [-0.39, 0.29) is 5.17 Å². The molecule has 0 aromatic rings. The second kappa shape index (κ2) is 5.46. The molecule has 10 heavy (non-hydrogen) atoms. The average molecular weight is 279 g/mol. The van der Waals surface area contributed by atoms with E-state index in [0.29, 0.717) is 0 Å². The molecule has 0 heterocycles. The smallest absolute Gasteiger partial charge is 0.192 e. The highest BCUT2D eigenvalue weighted by molar-refractivity contribution is 8.84. The van der Waals surface area contributed by atoms with Crippen LogP contribution in [-0.2, 0) is 0 Å². The lowest BCUT2D eigenvalue weighted by Crippen LogP contribution is -2.11. The van der Waals surface area contributed by atoms with Gasteiger partial charge in [-0.05, 0) is 10.7 Å². The van der Waals surface area contributed by atoms with Crippen molar-refractivity contribution >= 4 is 83.2 Å². The number of halogens is 5. The molecule has 0 aliphatic heterocycles. The van der Waals surface area contributed by atoms with E-state index < -0.39 is 3.79 Å². The summed E-state index contributed by atoms with van der Waals surface area (Å²) in [5, 5.41) is -0.115. The summed E-state index contributed by atoms with van der Waals surface area (Å²) in [5.41, 5.74) is 0. The first-order valence-electron chi connectivity index (χ1n) is 1.73. The molecule has 0 aliphatic rings. The maximum atomic E-state index is 5.40. The fourth-order valence-corrected chi connectivity index (χ4v) is 1.39. The van der Waals surface area contributed by atoms with Crippen LogP contribution >= 0.6 is 78.1 Å². The van der Waals surface area contributed by atoms with Crippen LogP contribution in [0.15, 0.2) is 4.40 Å². The SMILES string of the molecule is ClSS/N=C(/Cl)C(Cl)(Cl)Cl. The molecule has 0 radical (unpaired) electrons. The first-order valence-corrected chi connectivity index (χ1v) is 6.18. The molecule has 0 aromatic carbocycles. The van der Waals surface area contributed by atoms with Gasteiger partial charge in [0.2, 0.25) is 3.79 Å². The third-order valence-electron chi connectivity index (χ3n) is 0.380. The van der Waals surface area contributed by atoms with E-state index in [9.17, 15) is 0 Å². The first-order chi connectivity index (χ1) is 4.48. The summed E-state index contributed by atoms with van der Waals surface area (Å²) in [6.07, 6.45) is 0. The van der Waals surface area contributed by atoms with Gasteiger partial charge in [-0.3, -0.25) is 0 Å². The molecule has 0 spiro atoms. The van der Waals surface area contributed by atoms with Crippen LogP contribution < -0.4 is 0 Å². The predicted octanol–water partition coefficient (Wildman–Crippen LogP) is 4.44. The largest absolute Gasteiger partial charge is 0.244 e. The zero-order valence-electron chi connectivity index (χ0n) is 4.15. The van der Waals surface area contributed by atoms with E-state index in [1.54, 1.807) is 0 Å². The van der Waals surface area contributed by atoms with Crippen molar-refractivity contribution in [3.8, 4) is 0 Å². The van der Waals surface area contributed by atoms with Crippen molar-refractivity contribution in [3.63, 3.8) is 0 Å². The summed E-state index contributed by atoms with van der Waals surface area (Å²) in [4.78, 5) is 0. The normalized spacial score (nSPS) is 13.9. The highest BCUT2D eigenvalue weighted by atomic mass is 35.7. The Kier molecular flexibility index (Phi) is 6.46. The second-order valence-corrected chi connectivity index (χ2v) is 6.07. The average Bonchev–Trinajstić information content (AvgIpc) is 1.80. The van der Waals surface area contributed by atoms with Crippen molar-refractivity contribution in [2.75, 3.05) is 0 Å². The van der Waals surface area contributed by atoms with E-state index in [1.807, 2.05) is 0 Å². The van der Waals surface area contributed by atoms with Gasteiger partial charge in [-0.15, -0.1) is 0 Å². The van der Waals surface area contributed by atoms with Gasteiger partial charge >= 0.3 is 0 Å². The number of hydrogen-bond donors (Lipinski definition) is 0. The lowest BCUT2D eigenvalue weighted by atomic mass is 10.8. The molecule has 0 fully saturated rings. The predicted molar refractivity (Wildman–Crippen MR) is 54.6 cm³/mol. The van der Waals surface area contributed by atoms with E-state index in [0.717, 1.165) is 21.0 Å². The molecule has 0 saturated heterocycles. The molecule has 0 saturated carbocycles. The fourth-order valence-electron chi connectivity index (χ4n) is 0.0986. The van der Waals surface area contributed by atoms with Gasteiger partial charge in [-0.1, -0.05) is 46.4 Å². The molecule has 0 bridgehead atoms. The van der Waals surface area contributed by atoms with Crippen LogP contribution in [0, 0.1) is 0 Å². The summed E-state index contributed by atoms with van der Waals surface area (Å²) in [6.45, 7) is 0. The van der Waals surface area contributed by atoms with Crippen LogP contribution in [0.4, 0.5) is 0 Å². The molecule has 0 rings (SSSR count). The molecule has 1 nitrogen and oxygen atoms in total. The highest BCUT2D eigenvalue weighted by Gasteiger charge is 2.26. The van der Waals surface area contributed by atoms with Crippen molar-refractivity contribution < 1.29 is 0 Å². The number of rotatable bonds is 2. The summed E-state index contributed by atoms with van der Waals surface area (Å²) >= 11 is 21.4. The second-order valence-electron chi connectivity index (χ2n) is 1.02. The van der Waals surface area contributed by atoms with Gasteiger partial charge in [0.05, 0.1) is 11.0 Å². The minimum Gasteiger partial charge on any atom is -0.192 e. The molecule has 60 valence electrons. The van der Waals surface area contributed by atoms with Crippen molar-refractivity contribution in [2.24, 2.45) is 4.40 Å². The van der Waals surface area contributed by atoms with Crippen LogP contribution in [-0.4, -0.2) is 8.96 Å². The first kappa shape index (κ1) is 11.8. The molecule has 8 heteroatoms. The van der Waals surface area contributed by atoms with E-state index in [4.69, 9.17) is 57.1 Å². The Morgan fingerprint density at radius 1 is 1.30 bits per heavy atom. The van der Waals surface area contributed by atoms with Crippen LogP contribution in [0.5, 0.6) is 0 Å². The molecular formula is C2Cl5NS2. The standard InChI is InChI=1S/C2Cl5NS2/c3-1(2(4,5)6)8-10-9-7/b8-1+. The molecule has 0 unspecified atom stereocenters. The third kappa shape index (κ3) is 5.47. The van der Waals surface area contributed by atoms with Crippen molar-refractivity contribution in [1.82, 2.24) is 0 Å². The highest BCUT2D eigenvalue weighted by Crippen LogP contribution is 2.34. The molecule has 0 N–H and O–H groups in total. The van der Waals surface area contributed by atoms with Crippen LogP contribution in [0.3, 0.4) is 0 Å². The Morgan fingerprint density at radius 2 is 1.80 bits per heavy atom. The van der Waals surface area contributed by atoms with Gasteiger partial charge in [0, 0.05) is 10.0 Å². The van der Waals surface area contributed by atoms with Gasteiger partial charge in [-0.25, -0.2) is 0 Å². The summed E-state index contributed by atoms with van der Waals surface area (Å²) < 4.78 is 1.90. The zero-order valence-corrected chi connectivity index (χ0v) is 9.57. The lowest BCUT2D eigenvalue weighted by molar-refractivity contribution is 1.61. The molecule has 0 aliphatic carbocycles. The number of alkyl halides is 3. The Labute approximate surface area is 90.8 Å². The van der Waals surface area contributed by atoms with Crippen molar-refractivity contribution in [2.45, 2.75) is 3.79 Å². The fraction of sp³-hybridized carbons (Fsp3) is 0.500. The maximum Gasteiger partial charge on any atom is 0.244 e. The molecule has 0 aromatic heterocycles. The van der Waals surface area contributed by atoms with E-state index in [2.05, 4.69) is 4.40 Å². The van der Waals surface area contributed by atoms with Gasteiger partial charge in [0.25, 0.3) is 0 Å². The van der Waals surface area contributed by atoms with Gasteiger partial charge in [0.1, 0.15) is 0 Å². The Balaban J connectivity index is 3.93. The summed E-state index contributed by atoms with van der Waals surface area (Å²) in [7, 11) is 7.00. The maximum absolute atomic E-state index is 5.40. The topological polar surface area (TPSA) is 12.4 Å². The Hall–Kier alpha value is 1.82. The van der Waals surface area contributed by atoms with Gasteiger partial charge < -0.3 is 0 Å². The minimum absolute atomic E-state index is 0.115. The Morgan fingerprint density at radius 3 is 2.10 bits per heavy atom. The van der Waals surface area contributed by atoms with Gasteiger partial charge in [0.15, 0.2) is 5.17 Å². The van der Waals surface area contributed by atoms with Crippen LogP contribution in [0.1, 0.15) is 0 Å². The van der Waals surface area contributed by atoms with Crippen LogP contribution in [0.2, 0.25) is 0 Å². The molecular weight excluding hydrogens is 279 g/mol. The quantitative estimate of drug-likeness (QED) is 0.320. The molecule has 0 amide bonds. The van der Waals surface area contributed by atoms with Crippen LogP contribution in [0.25, 0.3) is 0 Å². The third-order valence-corrected chi connectivity index (χ3v) is 2.89. The van der Waals surface area contributed by atoms with Crippen molar-refractivity contribution in [3.05, 3.63) is 0 Å². The summed E-state index contributed by atoms with van der Waals surface area (Å²) in [5.74, 6) is 0. The zero-order chi connectivity index (χ0) is 8.20. The Bertz CT molecular complexity index is 130. The number of hydrogen-bond acceptors (Lipinski definition) is 3. The number of nitrogens with zero attached hydrogens (tertiary/aromatic N) is 1. The van der Waals surface area contributed by atoms with E-state index in [1.165, 1.54) is 0 Å². The van der Waals surface area contributed by atoms with Crippen molar-refractivity contribution in [1.29, 1.82) is 0 Å². The summed E-state index contributed by atoms with van der Waals surface area (Å²) in [6, 6.07) is 0. The van der Waals surface area contributed by atoms with E-state index >= 15 is 0 Å². The molecule has 0 atom stereocenters. The minimum atomic E-state index is -1.65. The van der Waals surface area contributed by atoms with Gasteiger partial charge in [-0.2, -0.15) is 4.40 Å².